The topological polar surface area (TPSA) is 137 Å². The number of anilines is 1. The number of nitrogens with one attached hydrogen (secondary N) is 2. The molecule has 0 radical (unpaired) electrons. The maximum absolute atomic E-state index is 13.3. The van der Waals surface area contributed by atoms with Crippen LogP contribution in [0.25, 0.3) is 17.3 Å². The number of esters is 1. The van der Waals surface area contributed by atoms with E-state index < -0.39 is 16.0 Å². The average molecular weight is 471 g/mol. The summed E-state index contributed by atoms with van der Waals surface area (Å²) < 4.78 is 44.2. The molecular weight excluding hydrogens is 450 g/mol. The first-order chi connectivity index (χ1) is 15.8. The Morgan fingerprint density at radius 3 is 2.48 bits per heavy atom. The van der Waals surface area contributed by atoms with Crippen LogP contribution in [0.5, 0.6) is 11.5 Å². The highest BCUT2D eigenvalue weighted by atomic mass is 32.2. The van der Waals surface area contributed by atoms with Crippen molar-refractivity contribution in [2.24, 2.45) is 0 Å². The highest BCUT2D eigenvalue weighted by Gasteiger charge is 2.24. The number of methoxy groups -OCH3 is 3. The van der Waals surface area contributed by atoms with Gasteiger partial charge in [0.05, 0.1) is 27.0 Å². The molecule has 1 heterocycles. The molecule has 2 aromatic carbocycles. The van der Waals surface area contributed by atoms with Crippen molar-refractivity contribution in [2.45, 2.75) is 4.90 Å². The van der Waals surface area contributed by atoms with Crippen LogP contribution in [0.2, 0.25) is 0 Å². The van der Waals surface area contributed by atoms with Crippen LogP contribution in [-0.2, 0) is 19.6 Å². The van der Waals surface area contributed by atoms with Gasteiger partial charge in [-0.3, -0.25) is 9.52 Å². The molecular formula is C22H21N3O7S. The van der Waals surface area contributed by atoms with Gasteiger partial charge in [0, 0.05) is 23.4 Å². The number of aromatic amines is 1. The zero-order chi connectivity index (χ0) is 24.0. The molecule has 0 aliphatic rings. The molecule has 3 aromatic rings. The van der Waals surface area contributed by atoms with E-state index in [1.807, 2.05) is 0 Å². The molecule has 0 aliphatic carbocycles. The minimum absolute atomic E-state index is 0.00123. The molecule has 0 fully saturated rings. The number of H-pyrrole nitrogens is 1. The monoisotopic (exact) mass is 471 g/mol. The third kappa shape index (κ3) is 5.57. The van der Waals surface area contributed by atoms with Crippen molar-refractivity contribution in [2.75, 3.05) is 26.1 Å². The van der Waals surface area contributed by atoms with E-state index in [1.54, 1.807) is 24.3 Å². The Balaban J connectivity index is 2.02. The molecule has 0 saturated heterocycles. The second-order valence-corrected chi connectivity index (χ2v) is 8.25. The highest BCUT2D eigenvalue weighted by molar-refractivity contribution is 7.92. The van der Waals surface area contributed by atoms with Crippen LogP contribution in [0.3, 0.4) is 0 Å². The van der Waals surface area contributed by atoms with Gasteiger partial charge in [-0.2, -0.15) is 5.10 Å². The molecule has 0 atom stereocenters. The lowest BCUT2D eigenvalue weighted by Gasteiger charge is -2.16. The highest BCUT2D eigenvalue weighted by Crippen LogP contribution is 2.37. The number of nitrogens with zero attached hydrogens (tertiary/aromatic N) is 1. The number of carbonyl (C=O) groups excluding carboxylic acids is 1. The van der Waals surface area contributed by atoms with Gasteiger partial charge in [-0.15, -0.1) is 0 Å². The predicted molar refractivity (Wildman–Crippen MR) is 122 cm³/mol. The zero-order valence-corrected chi connectivity index (χ0v) is 18.8. The van der Waals surface area contributed by atoms with Crippen molar-refractivity contribution >= 4 is 27.8 Å². The number of ether oxygens (including phenoxy) is 3. The second kappa shape index (κ2) is 10.0. The Bertz CT molecular complexity index is 1340. The molecule has 33 heavy (non-hydrogen) atoms. The van der Waals surface area contributed by atoms with E-state index in [4.69, 9.17) is 9.47 Å². The Morgan fingerprint density at radius 2 is 1.85 bits per heavy atom. The summed E-state index contributed by atoms with van der Waals surface area (Å²) in [6.45, 7) is 0. The molecule has 0 saturated carbocycles. The summed E-state index contributed by atoms with van der Waals surface area (Å²) in [7, 11) is -0.216. The lowest BCUT2D eigenvalue weighted by molar-refractivity contribution is -0.134. The molecule has 3 rings (SSSR count). The molecule has 0 bridgehead atoms. The first-order valence-corrected chi connectivity index (χ1v) is 11.0. The average Bonchev–Trinajstić information content (AvgIpc) is 2.82. The smallest absolute Gasteiger partial charge is 0.330 e. The normalized spacial score (nSPS) is 11.2. The largest absolute Gasteiger partial charge is 0.493 e. The minimum atomic E-state index is -4.14. The fourth-order valence-corrected chi connectivity index (χ4v) is 4.20. The molecule has 10 nitrogen and oxygen atoms in total. The summed E-state index contributed by atoms with van der Waals surface area (Å²) in [5.74, 6) is -0.435. The molecule has 11 heteroatoms. The number of sulfonamides is 1. The number of benzene rings is 2. The van der Waals surface area contributed by atoms with E-state index >= 15 is 0 Å². The van der Waals surface area contributed by atoms with Crippen LogP contribution in [-0.4, -0.2) is 45.9 Å². The summed E-state index contributed by atoms with van der Waals surface area (Å²) >= 11 is 0. The molecule has 2 N–H and O–H groups in total. The van der Waals surface area contributed by atoms with E-state index in [0.717, 1.165) is 6.08 Å². The van der Waals surface area contributed by atoms with Gasteiger partial charge in [0.2, 0.25) is 0 Å². The predicted octanol–water partition coefficient (Wildman–Crippen LogP) is 2.44. The first kappa shape index (κ1) is 23.5. The van der Waals surface area contributed by atoms with Gasteiger partial charge < -0.3 is 14.2 Å². The van der Waals surface area contributed by atoms with E-state index in [0.29, 0.717) is 16.8 Å². The Morgan fingerprint density at radius 1 is 1.06 bits per heavy atom. The Hall–Kier alpha value is -4.12. The van der Waals surface area contributed by atoms with Crippen molar-refractivity contribution in [1.82, 2.24) is 10.2 Å². The van der Waals surface area contributed by atoms with E-state index in [2.05, 4.69) is 19.7 Å². The van der Waals surface area contributed by atoms with Crippen LogP contribution in [0.15, 0.2) is 64.3 Å². The first-order valence-electron chi connectivity index (χ1n) is 9.48. The van der Waals surface area contributed by atoms with Gasteiger partial charge in [0.25, 0.3) is 15.6 Å². The van der Waals surface area contributed by atoms with Crippen molar-refractivity contribution in [3.63, 3.8) is 0 Å². The van der Waals surface area contributed by atoms with Crippen molar-refractivity contribution in [1.29, 1.82) is 0 Å². The lowest BCUT2D eigenvalue weighted by Crippen LogP contribution is -2.15. The van der Waals surface area contributed by atoms with Crippen molar-refractivity contribution in [3.8, 4) is 22.8 Å². The van der Waals surface area contributed by atoms with E-state index in [-0.39, 0.29) is 27.6 Å². The van der Waals surface area contributed by atoms with Gasteiger partial charge in [-0.25, -0.2) is 18.3 Å². The molecule has 172 valence electrons. The summed E-state index contributed by atoms with van der Waals surface area (Å²) in [5, 5.41) is 6.29. The maximum atomic E-state index is 13.3. The summed E-state index contributed by atoms with van der Waals surface area (Å²) in [5.41, 5.74) is 1.34. The van der Waals surface area contributed by atoms with Gasteiger partial charge in [-0.1, -0.05) is 12.1 Å². The van der Waals surface area contributed by atoms with Gasteiger partial charge in [0.1, 0.15) is 4.90 Å². The lowest BCUT2D eigenvalue weighted by atomic mass is 10.1. The molecule has 0 amide bonds. The maximum Gasteiger partial charge on any atom is 0.330 e. The summed E-state index contributed by atoms with van der Waals surface area (Å²) in [4.78, 5) is 22.5. The number of carbonyl (C=O) groups is 1. The summed E-state index contributed by atoms with van der Waals surface area (Å²) in [6.07, 6.45) is 2.56. The van der Waals surface area contributed by atoms with Crippen LogP contribution in [0, 0.1) is 0 Å². The standard InChI is InChI=1S/C22H21N3O7S/c1-30-18-11-14(7-10-21(27)31-2)12-19(22(18)32-3)33(28,29)25-16-6-4-5-15(13-16)17-8-9-20(26)24-23-17/h4-13,25H,1-3H3,(H,24,26)/b10-7+. The quantitative estimate of drug-likeness (QED) is 0.378. The van der Waals surface area contributed by atoms with Crippen LogP contribution >= 0.6 is 0 Å². The molecule has 0 unspecified atom stereocenters. The van der Waals surface area contributed by atoms with E-state index in [9.17, 15) is 18.0 Å². The fraction of sp³-hybridized carbons (Fsp3) is 0.136. The zero-order valence-electron chi connectivity index (χ0n) is 18.0. The van der Waals surface area contributed by atoms with Crippen LogP contribution in [0.1, 0.15) is 5.56 Å². The third-order valence-corrected chi connectivity index (χ3v) is 5.85. The van der Waals surface area contributed by atoms with Gasteiger partial charge in [-0.05, 0) is 42.0 Å². The second-order valence-electron chi connectivity index (χ2n) is 6.60. The van der Waals surface area contributed by atoms with Crippen LogP contribution < -0.4 is 19.8 Å². The Labute approximate surface area is 189 Å². The molecule has 1 aromatic heterocycles. The number of hydrogen-bond donors (Lipinski definition) is 2. The van der Waals surface area contributed by atoms with Gasteiger partial charge in [0.15, 0.2) is 11.5 Å². The third-order valence-electron chi connectivity index (χ3n) is 4.46. The van der Waals surface area contributed by atoms with Crippen LogP contribution in [0.4, 0.5) is 5.69 Å². The van der Waals surface area contributed by atoms with Gasteiger partial charge >= 0.3 is 5.97 Å². The Kier molecular flexibility index (Phi) is 7.13. The molecule has 0 aliphatic heterocycles. The minimum Gasteiger partial charge on any atom is -0.493 e. The fourth-order valence-electron chi connectivity index (χ4n) is 2.94. The van der Waals surface area contributed by atoms with Crippen molar-refractivity contribution in [3.05, 3.63) is 70.5 Å². The van der Waals surface area contributed by atoms with E-state index in [1.165, 1.54) is 51.7 Å². The SMILES string of the molecule is COC(=O)/C=C/c1cc(OC)c(OC)c(S(=O)(=O)Nc2cccc(-c3ccc(=O)[nH]n3)c2)c1. The number of aromatic nitrogens is 2. The molecule has 0 spiro atoms. The van der Waals surface area contributed by atoms with Crippen molar-refractivity contribution < 1.29 is 27.4 Å². The number of hydrogen-bond acceptors (Lipinski definition) is 8. The summed E-state index contributed by atoms with van der Waals surface area (Å²) in [6, 6.07) is 12.2. The number of rotatable bonds is 8.